The number of carbonyl (C=O) groups is 2. The number of ether oxygens (including phenoxy) is 1. The Morgan fingerprint density at radius 1 is 1.22 bits per heavy atom. The number of primary amides is 1. The molecule has 120 valence electrons. The van der Waals surface area contributed by atoms with E-state index in [1.54, 1.807) is 12.1 Å². The lowest BCUT2D eigenvalue weighted by atomic mass is 10.2. The predicted octanol–water partition coefficient (Wildman–Crippen LogP) is 2.98. The van der Waals surface area contributed by atoms with Crippen molar-refractivity contribution in [2.45, 2.75) is 13.0 Å². The van der Waals surface area contributed by atoms with Crippen molar-refractivity contribution >= 4 is 29.1 Å². The van der Waals surface area contributed by atoms with Gasteiger partial charge in [-0.3, -0.25) is 9.59 Å². The minimum absolute atomic E-state index is 0.0791. The van der Waals surface area contributed by atoms with Crippen LogP contribution in [0.25, 0.3) is 0 Å². The molecule has 0 aromatic heterocycles. The predicted molar refractivity (Wildman–Crippen MR) is 85.1 cm³/mol. The quantitative estimate of drug-likeness (QED) is 0.880. The van der Waals surface area contributed by atoms with Crippen LogP contribution in [-0.4, -0.2) is 17.9 Å². The van der Waals surface area contributed by atoms with E-state index in [-0.39, 0.29) is 10.8 Å². The van der Waals surface area contributed by atoms with E-state index >= 15 is 0 Å². The molecule has 23 heavy (non-hydrogen) atoms. The highest BCUT2D eigenvalue weighted by molar-refractivity contribution is 6.32. The third kappa shape index (κ3) is 4.43. The molecule has 0 aliphatic heterocycles. The molecule has 2 amide bonds. The Bertz CT molecular complexity index is 735. The molecule has 0 aliphatic rings. The maximum atomic E-state index is 13.0. The summed E-state index contributed by atoms with van der Waals surface area (Å²) in [5.74, 6) is -1.25. The van der Waals surface area contributed by atoms with Crippen LogP contribution in [-0.2, 0) is 4.79 Å². The SMILES string of the molecule is C[C@H](Oc1ccc(F)cc1Cl)C(=O)Nc1ccc(C(N)=O)cc1. The Hall–Kier alpha value is -2.60. The summed E-state index contributed by atoms with van der Waals surface area (Å²) in [5.41, 5.74) is 5.96. The van der Waals surface area contributed by atoms with Gasteiger partial charge in [-0.15, -0.1) is 0 Å². The van der Waals surface area contributed by atoms with Crippen LogP contribution < -0.4 is 15.8 Å². The van der Waals surface area contributed by atoms with E-state index in [2.05, 4.69) is 5.32 Å². The lowest BCUT2D eigenvalue weighted by Gasteiger charge is -2.15. The molecule has 0 unspecified atom stereocenters. The monoisotopic (exact) mass is 336 g/mol. The molecule has 0 saturated heterocycles. The van der Waals surface area contributed by atoms with Gasteiger partial charge in [-0.25, -0.2) is 4.39 Å². The molecule has 0 bridgehead atoms. The van der Waals surface area contributed by atoms with E-state index in [1.807, 2.05) is 0 Å². The molecule has 5 nitrogen and oxygen atoms in total. The van der Waals surface area contributed by atoms with E-state index < -0.39 is 23.7 Å². The second kappa shape index (κ2) is 7.11. The third-order valence-electron chi connectivity index (χ3n) is 3.00. The summed E-state index contributed by atoms with van der Waals surface area (Å²) in [6.45, 7) is 1.53. The lowest BCUT2D eigenvalue weighted by molar-refractivity contribution is -0.122. The fraction of sp³-hybridized carbons (Fsp3) is 0.125. The van der Waals surface area contributed by atoms with Crippen molar-refractivity contribution < 1.29 is 18.7 Å². The zero-order chi connectivity index (χ0) is 17.0. The average molecular weight is 337 g/mol. The van der Waals surface area contributed by atoms with Gasteiger partial charge >= 0.3 is 0 Å². The molecule has 0 heterocycles. The minimum atomic E-state index is -0.853. The molecule has 0 radical (unpaired) electrons. The molecular weight excluding hydrogens is 323 g/mol. The van der Waals surface area contributed by atoms with Crippen molar-refractivity contribution in [1.29, 1.82) is 0 Å². The second-order valence-electron chi connectivity index (χ2n) is 4.77. The molecule has 7 heteroatoms. The maximum absolute atomic E-state index is 13.0. The Labute approximate surface area is 137 Å². The Kier molecular flexibility index (Phi) is 5.18. The first-order valence-corrected chi connectivity index (χ1v) is 7.07. The zero-order valence-corrected chi connectivity index (χ0v) is 12.9. The molecule has 2 aromatic carbocycles. The number of amides is 2. The number of nitrogens with one attached hydrogen (secondary N) is 1. The van der Waals surface area contributed by atoms with Gasteiger partial charge in [0, 0.05) is 11.3 Å². The van der Waals surface area contributed by atoms with Crippen molar-refractivity contribution in [2.75, 3.05) is 5.32 Å². The third-order valence-corrected chi connectivity index (χ3v) is 3.30. The Balaban J connectivity index is 2.00. The second-order valence-corrected chi connectivity index (χ2v) is 5.17. The van der Waals surface area contributed by atoms with E-state index in [4.69, 9.17) is 22.1 Å². The highest BCUT2D eigenvalue weighted by Gasteiger charge is 2.16. The smallest absolute Gasteiger partial charge is 0.265 e. The number of anilines is 1. The van der Waals surface area contributed by atoms with Crippen molar-refractivity contribution in [1.82, 2.24) is 0 Å². The van der Waals surface area contributed by atoms with Crippen molar-refractivity contribution in [3.05, 3.63) is 58.9 Å². The summed E-state index contributed by atoms with van der Waals surface area (Å²) in [4.78, 5) is 23.0. The van der Waals surface area contributed by atoms with Crippen LogP contribution in [0.5, 0.6) is 5.75 Å². The number of nitrogens with two attached hydrogens (primary N) is 1. The molecule has 0 saturated carbocycles. The molecule has 1 atom stereocenters. The molecule has 0 fully saturated rings. The van der Waals surface area contributed by atoms with Crippen molar-refractivity contribution in [3.63, 3.8) is 0 Å². The van der Waals surface area contributed by atoms with Gasteiger partial charge in [0.2, 0.25) is 5.91 Å². The van der Waals surface area contributed by atoms with Crippen LogP contribution in [0.1, 0.15) is 17.3 Å². The highest BCUT2D eigenvalue weighted by Crippen LogP contribution is 2.26. The van der Waals surface area contributed by atoms with E-state index in [0.29, 0.717) is 11.3 Å². The number of rotatable bonds is 5. The van der Waals surface area contributed by atoms with E-state index in [9.17, 15) is 14.0 Å². The largest absolute Gasteiger partial charge is 0.479 e. The summed E-state index contributed by atoms with van der Waals surface area (Å²) >= 11 is 5.85. The van der Waals surface area contributed by atoms with Gasteiger partial charge in [0.15, 0.2) is 6.10 Å². The number of benzene rings is 2. The first-order chi connectivity index (χ1) is 10.9. The normalized spacial score (nSPS) is 11.6. The van der Waals surface area contributed by atoms with E-state index in [0.717, 1.165) is 6.07 Å². The van der Waals surface area contributed by atoms with Gasteiger partial charge in [0.1, 0.15) is 11.6 Å². The van der Waals surface area contributed by atoms with Crippen LogP contribution >= 0.6 is 11.6 Å². The topological polar surface area (TPSA) is 81.4 Å². The summed E-state index contributed by atoms with van der Waals surface area (Å²) in [6.07, 6.45) is -0.853. The van der Waals surface area contributed by atoms with Crippen LogP contribution in [0.4, 0.5) is 10.1 Å². The molecule has 0 spiro atoms. The Morgan fingerprint density at radius 3 is 2.43 bits per heavy atom. The molecular formula is C16H14ClFN2O3. The van der Waals surface area contributed by atoms with Crippen LogP contribution in [0.3, 0.4) is 0 Å². The van der Waals surface area contributed by atoms with Crippen LogP contribution in [0.15, 0.2) is 42.5 Å². The van der Waals surface area contributed by atoms with Gasteiger partial charge in [-0.1, -0.05) is 11.6 Å². The maximum Gasteiger partial charge on any atom is 0.265 e. The van der Waals surface area contributed by atoms with E-state index in [1.165, 1.54) is 31.2 Å². The molecule has 3 N–H and O–H groups in total. The first-order valence-electron chi connectivity index (χ1n) is 6.69. The lowest BCUT2D eigenvalue weighted by Crippen LogP contribution is -2.30. The fourth-order valence-corrected chi connectivity index (χ4v) is 1.99. The van der Waals surface area contributed by atoms with Crippen molar-refractivity contribution in [3.8, 4) is 5.75 Å². The minimum Gasteiger partial charge on any atom is -0.479 e. The summed E-state index contributed by atoms with van der Waals surface area (Å²) in [7, 11) is 0. The van der Waals surface area contributed by atoms with Gasteiger partial charge in [0.05, 0.1) is 5.02 Å². The number of hydrogen-bond acceptors (Lipinski definition) is 3. The molecule has 0 aliphatic carbocycles. The Morgan fingerprint density at radius 2 is 1.87 bits per heavy atom. The average Bonchev–Trinajstić information content (AvgIpc) is 2.50. The fourth-order valence-electron chi connectivity index (χ4n) is 1.78. The van der Waals surface area contributed by atoms with Gasteiger partial charge in [0.25, 0.3) is 5.91 Å². The van der Waals surface area contributed by atoms with Crippen molar-refractivity contribution in [2.24, 2.45) is 5.73 Å². The van der Waals surface area contributed by atoms with Gasteiger partial charge < -0.3 is 15.8 Å². The number of hydrogen-bond donors (Lipinski definition) is 2. The zero-order valence-electron chi connectivity index (χ0n) is 12.2. The standard InChI is InChI=1S/C16H14ClFN2O3/c1-9(23-14-7-4-11(18)8-13(14)17)16(22)20-12-5-2-10(3-6-12)15(19)21/h2-9H,1H3,(H2,19,21)(H,20,22)/t9-/m0/s1. The summed E-state index contributed by atoms with van der Waals surface area (Å²) < 4.78 is 18.4. The van der Waals surface area contributed by atoms with Gasteiger partial charge in [-0.05, 0) is 49.4 Å². The number of carbonyl (C=O) groups excluding carboxylic acids is 2. The molecule has 2 aromatic rings. The molecule has 2 rings (SSSR count). The summed E-state index contributed by atoms with van der Waals surface area (Å²) in [6, 6.07) is 9.74. The summed E-state index contributed by atoms with van der Waals surface area (Å²) in [5, 5.41) is 2.70. The van der Waals surface area contributed by atoms with Crippen LogP contribution in [0, 0.1) is 5.82 Å². The van der Waals surface area contributed by atoms with Crippen LogP contribution in [0.2, 0.25) is 5.02 Å². The number of halogens is 2. The highest BCUT2D eigenvalue weighted by atomic mass is 35.5. The first kappa shape index (κ1) is 16.8. The van der Waals surface area contributed by atoms with Gasteiger partial charge in [-0.2, -0.15) is 0 Å².